The molecule has 0 aliphatic carbocycles. The van der Waals surface area contributed by atoms with Crippen molar-refractivity contribution in [1.82, 2.24) is 0 Å². The first-order chi connectivity index (χ1) is 46.3. The highest BCUT2D eigenvalue weighted by Crippen LogP contribution is 2.51. The van der Waals surface area contributed by atoms with E-state index >= 15 is 0 Å². The predicted octanol–water partition coefficient (Wildman–Crippen LogP) is 18.8. The molecule has 0 unspecified atom stereocenters. The molecule has 0 saturated heterocycles. The molecule has 0 heterocycles. The van der Waals surface area contributed by atoms with E-state index in [-0.39, 0.29) is 11.8 Å². The summed E-state index contributed by atoms with van der Waals surface area (Å²) in [7, 11) is -5.66. The Bertz CT molecular complexity index is 4820. The van der Waals surface area contributed by atoms with E-state index in [1.807, 2.05) is 0 Å². The highest BCUT2D eigenvalue weighted by molar-refractivity contribution is 7.20. The first kappa shape index (κ1) is 58.2. The standard InChI is InChI=1S/C90H72N2Si2/c1-63(2)85-61-87(91(71-45-43-65-27-23-25-29-67(65)59-71)69-47-51-79(52-48-69)93(73-31-11-5-12-32-73,74-33-13-6-14-34-74)75-35-15-7-16-36-75)83-58-56-82-86(64(3)4)62-88(84-57-55-81(85)89(83)90(82)84)92(72-46-44-66-28-24-26-30-68(66)60-72)70-49-53-80(54-50-70)94(76-37-17-8-18-38-76,77-39-19-9-20-40-77)78-41-21-10-22-42-78/h5-64H,1-4H3. The maximum Gasteiger partial charge on any atom is 0.179 e. The van der Waals surface area contributed by atoms with Crippen molar-refractivity contribution in [3.8, 4) is 0 Å². The molecule has 2 nitrogen and oxygen atoms in total. The van der Waals surface area contributed by atoms with E-state index in [0.717, 1.165) is 34.1 Å². The van der Waals surface area contributed by atoms with Crippen LogP contribution in [0.4, 0.5) is 34.1 Å². The van der Waals surface area contributed by atoms with Gasteiger partial charge in [0.05, 0.1) is 11.4 Å². The van der Waals surface area contributed by atoms with E-state index in [9.17, 15) is 0 Å². The number of fused-ring (bicyclic) bond motifs is 2. The van der Waals surface area contributed by atoms with Crippen LogP contribution in [0.2, 0.25) is 0 Å². The third-order valence-corrected chi connectivity index (χ3v) is 29.6. The lowest BCUT2D eigenvalue weighted by Gasteiger charge is -2.35. The van der Waals surface area contributed by atoms with Crippen LogP contribution in [-0.4, -0.2) is 16.1 Å². The molecule has 0 aromatic heterocycles. The summed E-state index contributed by atoms with van der Waals surface area (Å²) < 4.78 is 0. The Labute approximate surface area is 554 Å². The molecular weight excluding hydrogens is 1170 g/mol. The molecule has 450 valence electrons. The Balaban J connectivity index is 0.941. The average molecular weight is 1240 g/mol. The van der Waals surface area contributed by atoms with Gasteiger partial charge in [0, 0.05) is 33.5 Å². The Kier molecular flexibility index (Phi) is 15.0. The fourth-order valence-electron chi connectivity index (χ4n) is 15.7. The fraction of sp³-hybridized carbons (Fsp3) is 0.0667. The van der Waals surface area contributed by atoms with Crippen LogP contribution in [0.5, 0.6) is 0 Å². The molecule has 94 heavy (non-hydrogen) atoms. The molecule has 16 aromatic carbocycles. The molecular formula is C90H72N2Si2. The number of hydrogen-bond acceptors (Lipinski definition) is 2. The van der Waals surface area contributed by atoms with E-state index in [1.165, 1.54) is 106 Å². The Morgan fingerprint density at radius 3 is 0.745 bits per heavy atom. The van der Waals surface area contributed by atoms with E-state index in [1.54, 1.807) is 0 Å². The highest BCUT2D eigenvalue weighted by Gasteiger charge is 2.43. The molecule has 0 N–H and O–H groups in total. The largest absolute Gasteiger partial charge is 0.310 e. The van der Waals surface area contributed by atoms with Gasteiger partial charge >= 0.3 is 0 Å². The summed E-state index contributed by atoms with van der Waals surface area (Å²) in [5.74, 6) is 0.432. The number of nitrogens with zero attached hydrogens (tertiary/aromatic N) is 2. The number of hydrogen-bond donors (Lipinski definition) is 0. The maximum atomic E-state index is 2.56. The van der Waals surface area contributed by atoms with Crippen molar-refractivity contribution in [2.24, 2.45) is 0 Å². The Hall–Kier alpha value is -10.9. The van der Waals surface area contributed by atoms with Gasteiger partial charge in [0.2, 0.25) is 0 Å². The van der Waals surface area contributed by atoms with Crippen molar-refractivity contribution in [2.45, 2.75) is 39.5 Å². The molecule has 0 fully saturated rings. The second kappa shape index (κ2) is 24.3. The van der Waals surface area contributed by atoms with Crippen LogP contribution in [0.3, 0.4) is 0 Å². The predicted molar refractivity (Wildman–Crippen MR) is 410 cm³/mol. The molecule has 0 spiro atoms. The topological polar surface area (TPSA) is 6.48 Å². The zero-order valence-corrected chi connectivity index (χ0v) is 55.5. The molecule has 0 atom stereocenters. The minimum Gasteiger partial charge on any atom is -0.310 e. The molecule has 0 saturated carbocycles. The van der Waals surface area contributed by atoms with Gasteiger partial charge in [-0.15, -0.1) is 0 Å². The summed E-state index contributed by atoms with van der Waals surface area (Å²) >= 11 is 0. The van der Waals surface area contributed by atoms with Crippen molar-refractivity contribution in [3.05, 3.63) is 363 Å². The number of rotatable bonds is 16. The van der Waals surface area contributed by atoms with Crippen molar-refractivity contribution in [1.29, 1.82) is 0 Å². The van der Waals surface area contributed by atoms with Gasteiger partial charge in [0.25, 0.3) is 0 Å². The van der Waals surface area contributed by atoms with Gasteiger partial charge in [-0.3, -0.25) is 0 Å². The van der Waals surface area contributed by atoms with Crippen LogP contribution < -0.4 is 51.3 Å². The van der Waals surface area contributed by atoms with Gasteiger partial charge in [-0.05, 0) is 168 Å². The first-order valence-electron chi connectivity index (χ1n) is 33.2. The van der Waals surface area contributed by atoms with Crippen molar-refractivity contribution < 1.29 is 0 Å². The summed E-state index contributed by atoms with van der Waals surface area (Å²) in [6.07, 6.45) is 0. The van der Waals surface area contributed by atoms with Gasteiger partial charge in [-0.1, -0.05) is 319 Å². The van der Waals surface area contributed by atoms with Crippen molar-refractivity contribution >= 4 is 146 Å². The third-order valence-electron chi connectivity index (χ3n) is 20.0. The van der Waals surface area contributed by atoms with E-state index in [4.69, 9.17) is 0 Å². The highest BCUT2D eigenvalue weighted by atomic mass is 28.3. The second-order valence-corrected chi connectivity index (χ2v) is 33.5. The van der Waals surface area contributed by atoms with Gasteiger partial charge in [-0.2, -0.15) is 0 Å². The van der Waals surface area contributed by atoms with E-state index < -0.39 is 16.1 Å². The zero-order valence-electron chi connectivity index (χ0n) is 53.5. The van der Waals surface area contributed by atoms with Crippen LogP contribution >= 0.6 is 0 Å². The minimum atomic E-state index is -2.83. The van der Waals surface area contributed by atoms with E-state index in [0.29, 0.717) is 0 Å². The average Bonchev–Trinajstić information content (AvgIpc) is 0.713. The van der Waals surface area contributed by atoms with Gasteiger partial charge in [0.1, 0.15) is 0 Å². The lowest BCUT2D eigenvalue weighted by atomic mass is 9.84. The molecule has 0 radical (unpaired) electrons. The third kappa shape index (κ3) is 9.75. The fourth-order valence-corrected chi connectivity index (χ4v) is 25.2. The lowest BCUT2D eigenvalue weighted by molar-refractivity contribution is 0.875. The van der Waals surface area contributed by atoms with Gasteiger partial charge in [0.15, 0.2) is 16.1 Å². The van der Waals surface area contributed by atoms with Crippen LogP contribution in [-0.2, 0) is 0 Å². The SMILES string of the molecule is CC(C)c1cc(N(c2ccc([Si](c3ccccc3)(c3ccccc3)c3ccccc3)cc2)c2ccc3ccccc3c2)c2ccc3c(C(C)C)cc(N(c4ccc([Si](c5ccccc5)(c5ccccc5)c5ccccc5)cc4)c4ccc5ccccc5c4)c4ccc1c2c34. The van der Waals surface area contributed by atoms with Crippen LogP contribution in [0.25, 0.3) is 53.9 Å². The summed E-state index contributed by atoms with van der Waals surface area (Å²) in [6.45, 7) is 9.47. The minimum absolute atomic E-state index is 0.216. The Morgan fingerprint density at radius 1 is 0.213 bits per heavy atom. The summed E-state index contributed by atoms with van der Waals surface area (Å²) in [6, 6.07) is 133. The monoisotopic (exact) mass is 1240 g/mol. The summed E-state index contributed by atoms with van der Waals surface area (Å²) in [4.78, 5) is 5.11. The molecule has 0 aliphatic heterocycles. The lowest BCUT2D eigenvalue weighted by Crippen LogP contribution is -2.74. The van der Waals surface area contributed by atoms with Crippen LogP contribution in [0.15, 0.2) is 352 Å². The molecule has 4 heteroatoms. The Morgan fingerprint density at radius 2 is 0.457 bits per heavy atom. The molecule has 16 aromatic rings. The maximum absolute atomic E-state index is 2.83. The molecule has 0 amide bonds. The second-order valence-electron chi connectivity index (χ2n) is 25.9. The van der Waals surface area contributed by atoms with Crippen LogP contribution in [0, 0.1) is 0 Å². The van der Waals surface area contributed by atoms with Gasteiger partial charge in [-0.25, -0.2) is 0 Å². The normalized spacial score (nSPS) is 12.0. The van der Waals surface area contributed by atoms with Crippen molar-refractivity contribution in [3.63, 3.8) is 0 Å². The molecule has 0 bridgehead atoms. The van der Waals surface area contributed by atoms with E-state index in [2.05, 4.69) is 389 Å². The number of benzene rings is 16. The summed E-state index contributed by atoms with van der Waals surface area (Å²) in [5.41, 5.74) is 9.40. The number of anilines is 6. The zero-order chi connectivity index (χ0) is 63.3. The quantitative estimate of drug-likeness (QED) is 0.0540. The molecule has 16 rings (SSSR count). The first-order valence-corrected chi connectivity index (χ1v) is 37.2. The smallest absolute Gasteiger partial charge is 0.179 e. The summed E-state index contributed by atoms with van der Waals surface area (Å²) in [5, 5.41) is 23.3. The van der Waals surface area contributed by atoms with Crippen LogP contribution in [0.1, 0.15) is 50.7 Å². The van der Waals surface area contributed by atoms with Gasteiger partial charge < -0.3 is 9.80 Å². The molecule has 0 aliphatic rings. The van der Waals surface area contributed by atoms with Crippen molar-refractivity contribution in [2.75, 3.05) is 9.80 Å².